The topological polar surface area (TPSA) is 0 Å². The smallest absolute Gasteiger partial charge is 0.0222 e. The molecule has 2 aliphatic rings. The third-order valence-corrected chi connectivity index (χ3v) is 2.34. The summed E-state index contributed by atoms with van der Waals surface area (Å²) in [6.07, 6.45) is 12.2. The Morgan fingerprint density at radius 3 is 2.36 bits per heavy atom. The molecule has 0 atom stereocenters. The first-order chi connectivity index (χ1) is 5.38. The molecule has 0 bridgehead atoms. The van der Waals surface area contributed by atoms with Crippen molar-refractivity contribution in [1.29, 1.82) is 0 Å². The zero-order valence-electron chi connectivity index (χ0n) is 6.64. The van der Waals surface area contributed by atoms with Crippen LogP contribution in [0.5, 0.6) is 0 Å². The maximum atomic E-state index is 4.05. The van der Waals surface area contributed by atoms with Crippen LogP contribution in [-0.2, 0) is 0 Å². The van der Waals surface area contributed by atoms with Crippen LogP contribution in [0.4, 0.5) is 0 Å². The van der Waals surface area contributed by atoms with E-state index in [0.717, 1.165) is 0 Å². The number of hydrogen-bond donors (Lipinski definition) is 0. The Morgan fingerprint density at radius 2 is 1.82 bits per heavy atom. The van der Waals surface area contributed by atoms with Gasteiger partial charge in [0, 0.05) is 0 Å². The highest BCUT2D eigenvalue weighted by molar-refractivity contribution is 5.50. The van der Waals surface area contributed by atoms with Crippen LogP contribution in [0.3, 0.4) is 0 Å². The van der Waals surface area contributed by atoms with Gasteiger partial charge in [-0.15, -0.1) is 0 Å². The Labute approximate surface area is 67.6 Å². The van der Waals surface area contributed by atoms with E-state index in [0.29, 0.717) is 0 Å². The summed E-state index contributed by atoms with van der Waals surface area (Å²) < 4.78 is 0. The summed E-state index contributed by atoms with van der Waals surface area (Å²) in [5.41, 5.74) is 4.21. The van der Waals surface area contributed by atoms with E-state index < -0.39 is 0 Å². The van der Waals surface area contributed by atoms with E-state index in [1.807, 2.05) is 0 Å². The lowest BCUT2D eigenvalue weighted by Gasteiger charge is -2.00. The van der Waals surface area contributed by atoms with Crippen molar-refractivity contribution in [3.05, 3.63) is 47.6 Å². The summed E-state index contributed by atoms with van der Waals surface area (Å²) in [5.74, 6) is 0. The molecule has 1 saturated carbocycles. The lowest BCUT2D eigenvalue weighted by Crippen LogP contribution is -1.80. The summed E-state index contributed by atoms with van der Waals surface area (Å²) in [5, 5.41) is 0. The fraction of sp³-hybridized carbons (Fsp3) is 0.273. The van der Waals surface area contributed by atoms with Crippen molar-refractivity contribution in [2.45, 2.75) is 19.3 Å². The van der Waals surface area contributed by atoms with Gasteiger partial charge < -0.3 is 0 Å². The molecule has 2 aliphatic carbocycles. The van der Waals surface area contributed by atoms with Gasteiger partial charge >= 0.3 is 0 Å². The van der Waals surface area contributed by atoms with Crippen LogP contribution in [0.15, 0.2) is 47.6 Å². The van der Waals surface area contributed by atoms with Crippen molar-refractivity contribution in [2.24, 2.45) is 0 Å². The molecule has 0 N–H and O–H groups in total. The molecule has 11 heavy (non-hydrogen) atoms. The SMILES string of the molecule is C=C1CCCC1=C1C=CC=C1. The molecule has 0 aromatic carbocycles. The van der Waals surface area contributed by atoms with Gasteiger partial charge in [-0.25, -0.2) is 0 Å². The van der Waals surface area contributed by atoms with Crippen LogP contribution in [0.2, 0.25) is 0 Å². The highest BCUT2D eigenvalue weighted by atomic mass is 14.2. The minimum atomic E-state index is 1.19. The molecule has 0 heterocycles. The van der Waals surface area contributed by atoms with Crippen LogP contribution < -0.4 is 0 Å². The van der Waals surface area contributed by atoms with E-state index >= 15 is 0 Å². The van der Waals surface area contributed by atoms with E-state index in [9.17, 15) is 0 Å². The van der Waals surface area contributed by atoms with Crippen LogP contribution >= 0.6 is 0 Å². The van der Waals surface area contributed by atoms with Crippen molar-refractivity contribution in [1.82, 2.24) is 0 Å². The van der Waals surface area contributed by atoms with Gasteiger partial charge in [-0.3, -0.25) is 0 Å². The van der Waals surface area contributed by atoms with Gasteiger partial charge in [0.25, 0.3) is 0 Å². The van der Waals surface area contributed by atoms with Gasteiger partial charge in [0.2, 0.25) is 0 Å². The van der Waals surface area contributed by atoms with Crippen molar-refractivity contribution >= 4 is 0 Å². The summed E-state index contributed by atoms with van der Waals surface area (Å²) >= 11 is 0. The molecule has 0 unspecified atom stereocenters. The summed E-state index contributed by atoms with van der Waals surface area (Å²) in [6.45, 7) is 4.05. The molecule has 0 aromatic rings. The van der Waals surface area contributed by atoms with Gasteiger partial charge in [-0.1, -0.05) is 36.5 Å². The van der Waals surface area contributed by atoms with E-state index in [-0.39, 0.29) is 0 Å². The van der Waals surface area contributed by atoms with Crippen molar-refractivity contribution in [3.8, 4) is 0 Å². The number of rotatable bonds is 0. The molecule has 0 spiro atoms. The molecular formula is C11H12. The standard InChI is InChI=1S/C11H12/c1-9-5-4-8-11(9)10-6-2-3-7-10/h2-3,6-7H,1,4-5,8H2. The number of hydrogen-bond acceptors (Lipinski definition) is 0. The first-order valence-electron chi connectivity index (χ1n) is 4.14. The fourth-order valence-electron chi connectivity index (χ4n) is 1.73. The monoisotopic (exact) mass is 144 g/mol. The third-order valence-electron chi connectivity index (χ3n) is 2.34. The summed E-state index contributed by atoms with van der Waals surface area (Å²) in [4.78, 5) is 0. The Morgan fingerprint density at radius 1 is 1.09 bits per heavy atom. The van der Waals surface area contributed by atoms with Crippen molar-refractivity contribution < 1.29 is 0 Å². The normalized spacial score (nSPS) is 22.4. The van der Waals surface area contributed by atoms with Crippen LogP contribution in [0.25, 0.3) is 0 Å². The molecule has 56 valence electrons. The molecule has 0 nitrogen and oxygen atoms in total. The maximum absolute atomic E-state index is 4.05. The Bertz CT molecular complexity index is 260. The molecular weight excluding hydrogens is 132 g/mol. The minimum absolute atomic E-state index is 1.19. The largest absolute Gasteiger partial charge is 0.0955 e. The van der Waals surface area contributed by atoms with Crippen molar-refractivity contribution in [2.75, 3.05) is 0 Å². The second kappa shape index (κ2) is 2.54. The lowest BCUT2D eigenvalue weighted by atomic mass is 10.1. The van der Waals surface area contributed by atoms with Crippen molar-refractivity contribution in [3.63, 3.8) is 0 Å². The Hall–Kier alpha value is -1.04. The van der Waals surface area contributed by atoms with E-state index in [4.69, 9.17) is 0 Å². The van der Waals surface area contributed by atoms with E-state index in [1.54, 1.807) is 0 Å². The average Bonchev–Trinajstić information content (AvgIpc) is 2.55. The van der Waals surface area contributed by atoms with Crippen LogP contribution in [0.1, 0.15) is 19.3 Å². The molecule has 0 amide bonds. The molecule has 0 radical (unpaired) electrons. The van der Waals surface area contributed by atoms with Gasteiger partial charge in [0.15, 0.2) is 0 Å². The fourth-order valence-corrected chi connectivity index (χ4v) is 1.73. The second-order valence-electron chi connectivity index (χ2n) is 3.11. The Balaban J connectivity index is 2.38. The highest BCUT2D eigenvalue weighted by Gasteiger charge is 2.14. The zero-order valence-corrected chi connectivity index (χ0v) is 6.64. The molecule has 0 aliphatic heterocycles. The summed E-state index contributed by atoms with van der Waals surface area (Å²) in [6, 6.07) is 0. The second-order valence-corrected chi connectivity index (χ2v) is 3.11. The van der Waals surface area contributed by atoms with Crippen LogP contribution in [-0.4, -0.2) is 0 Å². The predicted molar refractivity (Wildman–Crippen MR) is 48.3 cm³/mol. The average molecular weight is 144 g/mol. The molecule has 0 aromatic heterocycles. The van der Waals surface area contributed by atoms with Crippen LogP contribution in [0, 0.1) is 0 Å². The van der Waals surface area contributed by atoms with Gasteiger partial charge in [-0.2, -0.15) is 0 Å². The first kappa shape index (κ1) is 6.66. The van der Waals surface area contributed by atoms with E-state index in [2.05, 4.69) is 30.9 Å². The maximum Gasteiger partial charge on any atom is -0.0222 e. The van der Waals surface area contributed by atoms with E-state index in [1.165, 1.54) is 36.0 Å². The summed E-state index contributed by atoms with van der Waals surface area (Å²) in [7, 11) is 0. The molecule has 2 rings (SSSR count). The third kappa shape index (κ3) is 1.09. The molecule has 1 fully saturated rings. The zero-order chi connectivity index (χ0) is 7.68. The number of allylic oxidation sites excluding steroid dienone is 7. The molecule has 0 saturated heterocycles. The highest BCUT2D eigenvalue weighted by Crippen LogP contribution is 2.33. The first-order valence-corrected chi connectivity index (χ1v) is 4.14. The lowest BCUT2D eigenvalue weighted by molar-refractivity contribution is 0.932. The Kier molecular flexibility index (Phi) is 1.54. The van der Waals surface area contributed by atoms with Gasteiger partial charge in [0.1, 0.15) is 0 Å². The molecule has 0 heteroatoms. The minimum Gasteiger partial charge on any atom is -0.0955 e. The van der Waals surface area contributed by atoms with Gasteiger partial charge in [-0.05, 0) is 30.4 Å². The quantitative estimate of drug-likeness (QED) is 0.490. The van der Waals surface area contributed by atoms with Gasteiger partial charge in [0.05, 0.1) is 0 Å². The predicted octanol–water partition coefficient (Wildman–Crippen LogP) is 3.15.